The number of furan rings is 1. The zero-order chi connectivity index (χ0) is 22.8. The number of halogens is 1. The molecular formula is C25H22BrN3O3. The molecule has 2 aromatic heterocycles. The van der Waals surface area contributed by atoms with E-state index in [0.717, 1.165) is 32.2 Å². The first-order chi connectivity index (χ1) is 15.3. The summed E-state index contributed by atoms with van der Waals surface area (Å²) in [5.41, 5.74) is 9.33. The van der Waals surface area contributed by atoms with Gasteiger partial charge in [-0.2, -0.15) is 0 Å². The molecule has 0 aliphatic carbocycles. The first-order valence-corrected chi connectivity index (χ1v) is 10.9. The number of hydrogen-bond acceptors (Lipinski definition) is 4. The number of benzene rings is 2. The standard InChI is InChI=1S/C25H22BrN3O3/c1-15-16(2)28-21-6-4-3-5-20(21)23(15)25(31)29(13-17-7-9-18(26)10-8-17)14-19-11-12-22(32-19)24(27)30/h3-12H,13-14H2,1-2H3,(H2,27,30). The molecule has 162 valence electrons. The van der Waals surface area contributed by atoms with E-state index in [0.29, 0.717) is 17.9 Å². The summed E-state index contributed by atoms with van der Waals surface area (Å²) >= 11 is 3.45. The third-order valence-electron chi connectivity index (χ3n) is 5.42. The van der Waals surface area contributed by atoms with Crippen LogP contribution in [0.15, 0.2) is 69.6 Å². The highest BCUT2D eigenvalue weighted by Gasteiger charge is 2.24. The average Bonchev–Trinajstić information content (AvgIpc) is 3.24. The van der Waals surface area contributed by atoms with Crippen molar-refractivity contribution >= 4 is 38.6 Å². The van der Waals surface area contributed by atoms with Gasteiger partial charge >= 0.3 is 0 Å². The fraction of sp³-hybridized carbons (Fsp3) is 0.160. The molecule has 0 spiro atoms. The fourth-order valence-electron chi connectivity index (χ4n) is 3.66. The molecule has 2 heterocycles. The lowest BCUT2D eigenvalue weighted by atomic mass is 10.00. The SMILES string of the molecule is Cc1nc2ccccc2c(C(=O)N(Cc2ccc(Br)cc2)Cc2ccc(C(N)=O)o2)c1C. The predicted molar refractivity (Wildman–Crippen MR) is 126 cm³/mol. The maximum absolute atomic E-state index is 13.9. The Balaban J connectivity index is 1.77. The zero-order valence-corrected chi connectivity index (χ0v) is 19.3. The maximum Gasteiger partial charge on any atom is 0.284 e. The molecule has 0 unspecified atom stereocenters. The van der Waals surface area contributed by atoms with Crippen molar-refractivity contribution < 1.29 is 14.0 Å². The fourth-order valence-corrected chi connectivity index (χ4v) is 3.92. The van der Waals surface area contributed by atoms with E-state index in [4.69, 9.17) is 10.2 Å². The van der Waals surface area contributed by atoms with Crippen LogP contribution in [0.3, 0.4) is 0 Å². The summed E-state index contributed by atoms with van der Waals surface area (Å²) in [4.78, 5) is 31.7. The lowest BCUT2D eigenvalue weighted by Crippen LogP contribution is -2.31. The van der Waals surface area contributed by atoms with Crippen molar-refractivity contribution in [3.8, 4) is 0 Å². The summed E-state index contributed by atoms with van der Waals surface area (Å²) in [6.07, 6.45) is 0. The molecule has 0 radical (unpaired) electrons. The Bertz CT molecular complexity index is 1310. The van der Waals surface area contributed by atoms with E-state index in [1.165, 1.54) is 6.07 Å². The maximum atomic E-state index is 13.9. The lowest BCUT2D eigenvalue weighted by molar-refractivity contribution is 0.0718. The van der Waals surface area contributed by atoms with Crippen molar-refractivity contribution in [2.24, 2.45) is 5.73 Å². The minimum atomic E-state index is -0.645. The molecule has 0 saturated carbocycles. The first-order valence-electron chi connectivity index (χ1n) is 10.1. The van der Waals surface area contributed by atoms with E-state index in [9.17, 15) is 9.59 Å². The van der Waals surface area contributed by atoms with Gasteiger partial charge < -0.3 is 15.1 Å². The number of para-hydroxylation sites is 1. The Labute approximate surface area is 194 Å². The van der Waals surface area contributed by atoms with Crippen LogP contribution in [0.25, 0.3) is 10.9 Å². The molecule has 6 nitrogen and oxygen atoms in total. The van der Waals surface area contributed by atoms with Crippen molar-refractivity contribution in [1.29, 1.82) is 0 Å². The van der Waals surface area contributed by atoms with Crippen LogP contribution in [0.5, 0.6) is 0 Å². The summed E-state index contributed by atoms with van der Waals surface area (Å²) in [6, 6.07) is 18.6. The van der Waals surface area contributed by atoms with Crippen LogP contribution in [0.2, 0.25) is 0 Å². The summed E-state index contributed by atoms with van der Waals surface area (Å²) in [5, 5.41) is 0.804. The molecule has 4 rings (SSSR count). The van der Waals surface area contributed by atoms with Crippen LogP contribution in [-0.2, 0) is 13.1 Å². The number of carbonyl (C=O) groups excluding carboxylic acids is 2. The van der Waals surface area contributed by atoms with E-state index in [1.54, 1.807) is 11.0 Å². The summed E-state index contributed by atoms with van der Waals surface area (Å²) in [7, 11) is 0. The predicted octanol–water partition coefficient (Wildman–Crippen LogP) is 5.15. The van der Waals surface area contributed by atoms with Gasteiger partial charge in [0.1, 0.15) is 5.76 Å². The number of hydrogen-bond donors (Lipinski definition) is 1. The average molecular weight is 492 g/mol. The molecule has 0 saturated heterocycles. The molecule has 2 aromatic carbocycles. The van der Waals surface area contributed by atoms with Gasteiger partial charge in [0.25, 0.3) is 11.8 Å². The van der Waals surface area contributed by atoms with E-state index in [2.05, 4.69) is 20.9 Å². The largest absolute Gasteiger partial charge is 0.454 e. The quantitative estimate of drug-likeness (QED) is 0.403. The van der Waals surface area contributed by atoms with Crippen molar-refractivity contribution in [1.82, 2.24) is 9.88 Å². The summed E-state index contributed by atoms with van der Waals surface area (Å²) < 4.78 is 6.53. The Morgan fingerprint density at radius 2 is 1.72 bits per heavy atom. The Kier molecular flexibility index (Phi) is 6.10. The van der Waals surface area contributed by atoms with Gasteiger partial charge in [-0.1, -0.05) is 46.3 Å². The smallest absolute Gasteiger partial charge is 0.284 e. The molecule has 4 aromatic rings. The zero-order valence-electron chi connectivity index (χ0n) is 17.8. The number of rotatable bonds is 6. The van der Waals surface area contributed by atoms with Crippen molar-refractivity contribution in [2.45, 2.75) is 26.9 Å². The van der Waals surface area contributed by atoms with E-state index in [1.807, 2.05) is 62.4 Å². The molecule has 0 bridgehead atoms. The number of primary amides is 1. The molecule has 0 aliphatic heterocycles. The van der Waals surface area contributed by atoms with Gasteiger partial charge in [0.2, 0.25) is 0 Å². The number of nitrogens with zero attached hydrogens (tertiary/aromatic N) is 2. The third kappa shape index (κ3) is 4.43. The highest BCUT2D eigenvalue weighted by atomic mass is 79.9. The van der Waals surface area contributed by atoms with Crippen LogP contribution >= 0.6 is 15.9 Å². The van der Waals surface area contributed by atoms with Gasteiger partial charge in [-0.05, 0) is 55.3 Å². The number of amides is 2. The van der Waals surface area contributed by atoms with Gasteiger partial charge in [0.15, 0.2) is 5.76 Å². The van der Waals surface area contributed by atoms with E-state index in [-0.39, 0.29) is 18.2 Å². The molecule has 32 heavy (non-hydrogen) atoms. The van der Waals surface area contributed by atoms with Crippen molar-refractivity contribution in [3.05, 3.63) is 99.0 Å². The normalized spacial score (nSPS) is 11.0. The van der Waals surface area contributed by atoms with E-state index < -0.39 is 5.91 Å². The monoisotopic (exact) mass is 491 g/mol. The molecule has 7 heteroatoms. The Hall–Kier alpha value is -3.45. The number of carbonyl (C=O) groups is 2. The number of aromatic nitrogens is 1. The van der Waals surface area contributed by atoms with Gasteiger partial charge in [0, 0.05) is 22.1 Å². The van der Waals surface area contributed by atoms with Crippen molar-refractivity contribution in [2.75, 3.05) is 0 Å². The van der Waals surface area contributed by atoms with Crippen LogP contribution in [0.4, 0.5) is 0 Å². The molecule has 0 fully saturated rings. The minimum absolute atomic E-state index is 0.0671. The second-order valence-electron chi connectivity index (χ2n) is 7.63. The Morgan fingerprint density at radius 1 is 1.00 bits per heavy atom. The van der Waals surface area contributed by atoms with Crippen molar-refractivity contribution in [3.63, 3.8) is 0 Å². The summed E-state index contributed by atoms with van der Waals surface area (Å²) in [6.45, 7) is 4.38. The highest BCUT2D eigenvalue weighted by Crippen LogP contribution is 2.26. The molecule has 0 atom stereocenters. The molecule has 2 N–H and O–H groups in total. The highest BCUT2D eigenvalue weighted by molar-refractivity contribution is 9.10. The van der Waals surface area contributed by atoms with Gasteiger partial charge in [-0.15, -0.1) is 0 Å². The van der Waals surface area contributed by atoms with Gasteiger partial charge in [0.05, 0.1) is 17.6 Å². The van der Waals surface area contributed by atoms with Crippen LogP contribution < -0.4 is 5.73 Å². The van der Waals surface area contributed by atoms with Crippen LogP contribution in [-0.4, -0.2) is 21.7 Å². The summed E-state index contributed by atoms with van der Waals surface area (Å²) in [5.74, 6) is -0.229. The molecule has 2 amide bonds. The van der Waals surface area contributed by atoms with Gasteiger partial charge in [-0.3, -0.25) is 14.6 Å². The minimum Gasteiger partial charge on any atom is -0.454 e. The number of fused-ring (bicyclic) bond motifs is 1. The van der Waals surface area contributed by atoms with Crippen LogP contribution in [0, 0.1) is 13.8 Å². The van der Waals surface area contributed by atoms with Crippen LogP contribution in [0.1, 0.15) is 43.5 Å². The Morgan fingerprint density at radius 3 is 2.41 bits per heavy atom. The second kappa shape index (κ2) is 8.96. The first kappa shape index (κ1) is 21.8. The van der Waals surface area contributed by atoms with Gasteiger partial charge in [-0.25, -0.2) is 0 Å². The molecule has 0 aliphatic rings. The number of nitrogens with two attached hydrogens (primary N) is 1. The topological polar surface area (TPSA) is 89.4 Å². The number of aryl methyl sites for hydroxylation is 1. The second-order valence-corrected chi connectivity index (χ2v) is 8.55. The third-order valence-corrected chi connectivity index (χ3v) is 5.95. The lowest BCUT2D eigenvalue weighted by Gasteiger charge is -2.24. The molecular weight excluding hydrogens is 470 g/mol. The van der Waals surface area contributed by atoms with E-state index >= 15 is 0 Å². The number of pyridine rings is 1.